The van der Waals surface area contributed by atoms with Gasteiger partial charge in [0.1, 0.15) is 0 Å². The Morgan fingerprint density at radius 1 is 0.875 bits per heavy atom. The normalized spacial score (nSPS) is 7.50. The van der Waals surface area contributed by atoms with Crippen LogP contribution in [0.5, 0.6) is 0 Å². The van der Waals surface area contributed by atoms with E-state index >= 15 is 0 Å². The van der Waals surface area contributed by atoms with Crippen molar-refractivity contribution in [3.63, 3.8) is 0 Å². The molecule has 0 aliphatic heterocycles. The fourth-order valence-corrected chi connectivity index (χ4v) is 0. The molecule has 0 aromatic heterocycles. The van der Waals surface area contributed by atoms with Crippen LogP contribution in [0.15, 0.2) is 0 Å². The number of hydrogen-bond acceptors (Lipinski definition) is 4. The van der Waals surface area contributed by atoms with Gasteiger partial charge in [0.2, 0.25) is 0 Å². The molecule has 8 heavy (non-hydrogen) atoms. The molecule has 0 aromatic rings. The van der Waals surface area contributed by atoms with E-state index in [4.69, 9.17) is 19.2 Å². The summed E-state index contributed by atoms with van der Waals surface area (Å²) in [7, 11) is -4.61. The predicted molar refractivity (Wildman–Crippen MR) is 45.6 cm³/mol. The monoisotopic (exact) mass is 174 g/mol. The largest absolute Gasteiger partial charge is 0.668 e. The third-order valence-corrected chi connectivity index (χ3v) is 0. The SMILES string of the molecule is B.O[Si](O)(O)O.P.[AlH3]. The van der Waals surface area contributed by atoms with Crippen molar-refractivity contribution in [3.05, 3.63) is 0 Å². The fraction of sp³-hybridized carbons (Fsp3) is 0. The van der Waals surface area contributed by atoms with E-state index < -0.39 is 9.05 Å². The van der Waals surface area contributed by atoms with Gasteiger partial charge in [0.05, 0.1) is 8.41 Å². The number of hydrogen-bond donors (Lipinski definition) is 4. The molecule has 4 nitrogen and oxygen atoms in total. The van der Waals surface area contributed by atoms with Crippen LogP contribution in [0.25, 0.3) is 0 Å². The second-order valence-electron chi connectivity index (χ2n) is 0.600. The van der Waals surface area contributed by atoms with Gasteiger partial charge in [-0.1, -0.05) is 0 Å². The summed E-state index contributed by atoms with van der Waals surface area (Å²) in [5.41, 5.74) is 0. The van der Waals surface area contributed by atoms with Gasteiger partial charge in [0, 0.05) is 0 Å². The highest BCUT2D eigenvalue weighted by Crippen LogP contribution is 1.67. The van der Waals surface area contributed by atoms with E-state index in [2.05, 4.69) is 0 Å². The Kier molecular flexibility index (Phi) is 23.2. The zero-order chi connectivity index (χ0) is 4.50. The lowest BCUT2D eigenvalue weighted by molar-refractivity contribution is 0.117. The van der Waals surface area contributed by atoms with Gasteiger partial charge in [0.25, 0.3) is 0 Å². The van der Waals surface area contributed by atoms with E-state index in [9.17, 15) is 0 Å². The van der Waals surface area contributed by atoms with E-state index in [1.165, 1.54) is 0 Å². The average molecular weight is 174 g/mol. The molecule has 0 aliphatic rings. The summed E-state index contributed by atoms with van der Waals surface area (Å²) >= 11 is 0. The van der Waals surface area contributed by atoms with Crippen LogP contribution in [0.4, 0.5) is 0 Å². The molecule has 0 bridgehead atoms. The van der Waals surface area contributed by atoms with Crippen molar-refractivity contribution >= 4 is 44.7 Å². The molecule has 0 saturated heterocycles. The molecule has 0 saturated carbocycles. The van der Waals surface area contributed by atoms with Crippen LogP contribution in [0.3, 0.4) is 0 Å². The number of rotatable bonds is 0. The van der Waals surface area contributed by atoms with Crippen LogP contribution in [0.1, 0.15) is 0 Å². The second kappa shape index (κ2) is 8.08. The minimum absolute atomic E-state index is 0. The van der Waals surface area contributed by atoms with E-state index in [1.54, 1.807) is 0 Å². The molecule has 0 spiro atoms. The molecule has 4 N–H and O–H groups in total. The summed E-state index contributed by atoms with van der Waals surface area (Å²) in [5, 5.41) is 0. The first-order valence-corrected chi connectivity index (χ1v) is 2.68. The highest BCUT2D eigenvalue weighted by atomic mass is 31.0. The summed E-state index contributed by atoms with van der Waals surface area (Å²) < 4.78 is 0. The molecule has 0 aliphatic carbocycles. The van der Waals surface area contributed by atoms with Gasteiger partial charge >= 0.3 is 9.05 Å². The zero-order valence-corrected chi connectivity index (χ0v) is 5.41. The van der Waals surface area contributed by atoms with Gasteiger partial charge < -0.3 is 19.2 Å². The summed E-state index contributed by atoms with van der Waals surface area (Å²) in [5.74, 6) is 0. The Labute approximate surface area is 64.4 Å². The summed E-state index contributed by atoms with van der Waals surface area (Å²) in [6.07, 6.45) is 0. The van der Waals surface area contributed by atoms with Gasteiger partial charge in [-0.05, 0) is 0 Å². The highest BCUT2D eigenvalue weighted by Gasteiger charge is 2.22. The molecule has 0 heterocycles. The molecule has 1 unspecified atom stereocenters. The Morgan fingerprint density at radius 3 is 0.875 bits per heavy atom. The van der Waals surface area contributed by atoms with E-state index in [1.807, 2.05) is 0 Å². The molecule has 0 aromatic carbocycles. The lowest BCUT2D eigenvalue weighted by Crippen LogP contribution is -2.33. The lowest BCUT2D eigenvalue weighted by atomic mass is 10.8. The summed E-state index contributed by atoms with van der Waals surface area (Å²) in [4.78, 5) is 29.3. The van der Waals surface area contributed by atoms with Crippen molar-refractivity contribution in [2.24, 2.45) is 0 Å². The van der Waals surface area contributed by atoms with Crippen LogP contribution in [0.2, 0.25) is 0 Å². The van der Waals surface area contributed by atoms with Crippen LogP contribution in [-0.4, -0.2) is 54.0 Å². The molecule has 52 valence electrons. The Hall–Kier alpha value is 1.08. The molecule has 0 amide bonds. The smallest absolute Gasteiger partial charge is 0.368 e. The van der Waals surface area contributed by atoms with Crippen LogP contribution < -0.4 is 0 Å². The van der Waals surface area contributed by atoms with Crippen LogP contribution in [0, 0.1) is 0 Å². The van der Waals surface area contributed by atoms with Gasteiger partial charge in [-0.2, -0.15) is 9.90 Å². The first-order valence-electron chi connectivity index (χ1n) is 0.894. The van der Waals surface area contributed by atoms with E-state index in [0.29, 0.717) is 0 Å². The van der Waals surface area contributed by atoms with Gasteiger partial charge in [-0.3, -0.25) is 0 Å². The standard InChI is InChI=1S/Al.BH3.H4O4Si.H3P.3H/c;;1-5(2,3)4;;;;/h;1H3;1-4H;1H3;;;. The molecular formula is H13AlBO4PSi. The molecule has 8 heteroatoms. The van der Waals surface area contributed by atoms with Crippen molar-refractivity contribution < 1.29 is 19.2 Å². The molecule has 1 atom stereocenters. The predicted octanol–water partition coefficient (Wildman–Crippen LogP) is -4.92. The van der Waals surface area contributed by atoms with Crippen LogP contribution >= 0.6 is 9.90 Å². The van der Waals surface area contributed by atoms with Crippen molar-refractivity contribution in [1.82, 2.24) is 0 Å². The van der Waals surface area contributed by atoms with Gasteiger partial charge in [-0.25, -0.2) is 0 Å². The van der Waals surface area contributed by atoms with Crippen molar-refractivity contribution in [3.8, 4) is 0 Å². The average Bonchev–Trinajstić information content (AvgIpc) is 0.722. The topological polar surface area (TPSA) is 80.9 Å². The second-order valence-corrected chi connectivity index (χ2v) is 1.80. The highest BCUT2D eigenvalue weighted by molar-refractivity contribution is 6.92. The van der Waals surface area contributed by atoms with E-state index in [-0.39, 0.29) is 35.7 Å². The fourth-order valence-electron chi connectivity index (χ4n) is 0. The Morgan fingerprint density at radius 2 is 0.875 bits per heavy atom. The van der Waals surface area contributed by atoms with Crippen LogP contribution in [-0.2, 0) is 0 Å². The summed E-state index contributed by atoms with van der Waals surface area (Å²) in [6.45, 7) is 0. The molecule has 0 fully saturated rings. The lowest BCUT2D eigenvalue weighted by Gasteiger charge is -1.91. The van der Waals surface area contributed by atoms with Gasteiger partial charge in [0.15, 0.2) is 17.4 Å². The minimum Gasteiger partial charge on any atom is -0.368 e. The van der Waals surface area contributed by atoms with Crippen molar-refractivity contribution in [1.29, 1.82) is 0 Å². The quantitative estimate of drug-likeness (QED) is 0.219. The molecule has 0 radical (unpaired) electrons. The molecule has 0 rings (SSSR count). The van der Waals surface area contributed by atoms with Crippen molar-refractivity contribution in [2.45, 2.75) is 0 Å². The first-order chi connectivity index (χ1) is 2.00. The maximum absolute atomic E-state index is 7.33. The summed E-state index contributed by atoms with van der Waals surface area (Å²) in [6, 6.07) is 0. The Balaban J connectivity index is -0.0000000267. The minimum atomic E-state index is -4.61. The Bertz CT molecular complexity index is 31.5. The van der Waals surface area contributed by atoms with E-state index in [0.717, 1.165) is 0 Å². The maximum atomic E-state index is 7.33. The zero-order valence-electron chi connectivity index (χ0n) is 3.00. The first kappa shape index (κ1) is 23.0. The third-order valence-electron chi connectivity index (χ3n) is 0. The molecular weight excluding hydrogens is 161 g/mol. The third kappa shape index (κ3) is 223. The van der Waals surface area contributed by atoms with Crippen molar-refractivity contribution in [2.75, 3.05) is 0 Å². The van der Waals surface area contributed by atoms with Gasteiger partial charge in [-0.15, -0.1) is 0 Å². The maximum Gasteiger partial charge on any atom is 0.668 e.